The summed E-state index contributed by atoms with van der Waals surface area (Å²) in [4.78, 5) is 12.3. The first kappa shape index (κ1) is 16.7. The van der Waals surface area contributed by atoms with Gasteiger partial charge in [-0.25, -0.2) is 4.68 Å². The number of hydrogen-bond donors (Lipinski definition) is 1. The van der Waals surface area contributed by atoms with Crippen LogP contribution in [0.5, 0.6) is 5.75 Å². The number of aromatic hydroxyl groups is 1. The van der Waals surface area contributed by atoms with Crippen LogP contribution < -0.4 is 0 Å². The van der Waals surface area contributed by atoms with E-state index in [1.807, 2.05) is 55.5 Å². The predicted octanol–water partition coefficient (Wildman–Crippen LogP) is 4.33. The van der Waals surface area contributed by atoms with E-state index in [4.69, 9.17) is 0 Å². The molecule has 0 saturated carbocycles. The van der Waals surface area contributed by atoms with E-state index in [-0.39, 0.29) is 11.5 Å². The molecule has 1 heterocycles. The Morgan fingerprint density at radius 3 is 2.63 bits per heavy atom. The van der Waals surface area contributed by atoms with E-state index in [1.165, 1.54) is 12.1 Å². The molecule has 0 aliphatic carbocycles. The molecule has 0 unspecified atom stereocenters. The molecule has 5 nitrogen and oxygen atoms in total. The Kier molecular flexibility index (Phi) is 4.26. The van der Waals surface area contributed by atoms with Crippen LogP contribution >= 0.6 is 0 Å². The van der Waals surface area contributed by atoms with Crippen molar-refractivity contribution in [2.24, 2.45) is 0 Å². The number of carbonyl (C=O) groups excluding carboxylic acids is 1. The fourth-order valence-corrected chi connectivity index (χ4v) is 2.90. The maximum absolute atomic E-state index is 12.3. The zero-order valence-electron chi connectivity index (χ0n) is 14.7. The minimum absolute atomic E-state index is 0.0105. The summed E-state index contributed by atoms with van der Waals surface area (Å²) in [6, 6.07) is 20.4. The van der Waals surface area contributed by atoms with Gasteiger partial charge in [0.2, 0.25) is 0 Å². The summed E-state index contributed by atoms with van der Waals surface area (Å²) in [7, 11) is 0. The first-order valence-electron chi connectivity index (χ1n) is 8.55. The smallest absolute Gasteiger partial charge is 0.189 e. The van der Waals surface area contributed by atoms with Crippen LogP contribution in [0.2, 0.25) is 0 Å². The van der Waals surface area contributed by atoms with Crippen molar-refractivity contribution in [3.63, 3.8) is 0 Å². The van der Waals surface area contributed by atoms with Crippen LogP contribution in [0, 0.1) is 6.92 Å². The lowest BCUT2D eigenvalue weighted by Gasteiger charge is -2.03. The number of aryl methyl sites for hydroxylation is 1. The van der Waals surface area contributed by atoms with E-state index in [9.17, 15) is 9.90 Å². The van der Waals surface area contributed by atoms with E-state index in [1.54, 1.807) is 22.9 Å². The van der Waals surface area contributed by atoms with Crippen LogP contribution in [0.4, 0.5) is 0 Å². The SMILES string of the molecule is Cc1ccc(O)c(C(=O)/C=C/c2ccc(-n3nnc4ccccc43)cc2)c1. The Labute approximate surface area is 156 Å². The zero-order valence-corrected chi connectivity index (χ0v) is 14.7. The van der Waals surface area contributed by atoms with Crippen molar-refractivity contribution in [2.75, 3.05) is 0 Å². The molecule has 4 rings (SSSR count). The van der Waals surface area contributed by atoms with Gasteiger partial charge in [0.15, 0.2) is 5.78 Å². The molecule has 5 heteroatoms. The van der Waals surface area contributed by atoms with Crippen molar-refractivity contribution < 1.29 is 9.90 Å². The Balaban J connectivity index is 1.56. The molecule has 0 atom stereocenters. The van der Waals surface area contributed by atoms with E-state index in [0.717, 1.165) is 27.8 Å². The van der Waals surface area contributed by atoms with Crippen LogP contribution in [0.15, 0.2) is 72.8 Å². The fourth-order valence-electron chi connectivity index (χ4n) is 2.90. The third-order valence-electron chi connectivity index (χ3n) is 4.33. The Morgan fingerprint density at radius 2 is 1.81 bits per heavy atom. The van der Waals surface area contributed by atoms with Gasteiger partial charge in [-0.3, -0.25) is 4.79 Å². The first-order chi connectivity index (χ1) is 13.1. The van der Waals surface area contributed by atoms with Gasteiger partial charge >= 0.3 is 0 Å². The number of carbonyl (C=O) groups is 1. The Bertz CT molecular complexity index is 1160. The first-order valence-corrected chi connectivity index (χ1v) is 8.55. The van der Waals surface area contributed by atoms with Crippen molar-refractivity contribution in [2.45, 2.75) is 6.92 Å². The number of phenolic OH excluding ortho intramolecular Hbond substituents is 1. The summed E-state index contributed by atoms with van der Waals surface area (Å²) in [5.41, 5.74) is 4.77. The van der Waals surface area contributed by atoms with Crippen LogP contribution in [0.3, 0.4) is 0 Å². The standard InChI is InChI=1S/C22H17N3O2/c1-15-6-12-21(26)18(14-15)22(27)13-9-16-7-10-17(11-8-16)25-20-5-3-2-4-19(20)23-24-25/h2-14,26H,1H3/b13-9+. The van der Waals surface area contributed by atoms with E-state index < -0.39 is 0 Å². The van der Waals surface area contributed by atoms with E-state index in [0.29, 0.717) is 5.56 Å². The molecule has 0 saturated heterocycles. The van der Waals surface area contributed by atoms with Crippen molar-refractivity contribution in [3.8, 4) is 11.4 Å². The van der Waals surface area contributed by atoms with Crippen LogP contribution in [0.25, 0.3) is 22.8 Å². The summed E-state index contributed by atoms with van der Waals surface area (Å²) >= 11 is 0. The Hall–Kier alpha value is -3.73. The highest BCUT2D eigenvalue weighted by atomic mass is 16.3. The number of fused-ring (bicyclic) bond motifs is 1. The summed E-state index contributed by atoms with van der Waals surface area (Å²) in [6.45, 7) is 1.88. The van der Waals surface area contributed by atoms with Crippen LogP contribution in [0.1, 0.15) is 21.5 Å². The van der Waals surface area contributed by atoms with E-state index >= 15 is 0 Å². The van der Waals surface area contributed by atoms with Gasteiger partial charge in [-0.2, -0.15) is 0 Å². The van der Waals surface area contributed by atoms with Crippen molar-refractivity contribution in [1.29, 1.82) is 0 Å². The van der Waals surface area contributed by atoms with Gasteiger partial charge in [0, 0.05) is 0 Å². The average Bonchev–Trinajstić information content (AvgIpc) is 3.12. The van der Waals surface area contributed by atoms with Crippen molar-refractivity contribution in [3.05, 3.63) is 89.5 Å². The second-order valence-electron chi connectivity index (χ2n) is 6.30. The van der Waals surface area contributed by atoms with Gasteiger partial charge in [-0.05, 0) is 55.0 Å². The highest BCUT2D eigenvalue weighted by Gasteiger charge is 2.08. The molecule has 0 fully saturated rings. The van der Waals surface area contributed by atoms with Crippen molar-refractivity contribution >= 4 is 22.9 Å². The Morgan fingerprint density at radius 1 is 1.04 bits per heavy atom. The number of ketones is 1. The molecule has 0 aliphatic rings. The molecule has 0 spiro atoms. The molecule has 0 radical (unpaired) electrons. The summed E-state index contributed by atoms with van der Waals surface area (Å²) in [5.74, 6) is -0.244. The van der Waals surface area contributed by atoms with Gasteiger partial charge in [-0.15, -0.1) is 5.10 Å². The zero-order chi connectivity index (χ0) is 18.8. The lowest BCUT2D eigenvalue weighted by Crippen LogP contribution is -1.97. The van der Waals surface area contributed by atoms with E-state index in [2.05, 4.69) is 10.3 Å². The maximum Gasteiger partial charge on any atom is 0.189 e. The predicted molar refractivity (Wildman–Crippen MR) is 105 cm³/mol. The lowest BCUT2D eigenvalue weighted by atomic mass is 10.1. The highest BCUT2D eigenvalue weighted by Crippen LogP contribution is 2.20. The van der Waals surface area contributed by atoms with Crippen LogP contribution in [-0.2, 0) is 0 Å². The van der Waals surface area contributed by atoms with Crippen LogP contribution in [-0.4, -0.2) is 25.9 Å². The minimum atomic E-state index is -0.234. The topological polar surface area (TPSA) is 68.0 Å². The molecule has 0 amide bonds. The third-order valence-corrected chi connectivity index (χ3v) is 4.33. The summed E-state index contributed by atoms with van der Waals surface area (Å²) in [6.07, 6.45) is 3.20. The lowest BCUT2D eigenvalue weighted by molar-refractivity contribution is 0.104. The molecule has 3 aromatic carbocycles. The highest BCUT2D eigenvalue weighted by molar-refractivity contribution is 6.08. The summed E-state index contributed by atoms with van der Waals surface area (Å²) in [5, 5.41) is 18.2. The second kappa shape index (κ2) is 6.88. The number of nitrogens with zero attached hydrogens (tertiary/aromatic N) is 3. The second-order valence-corrected chi connectivity index (χ2v) is 6.30. The van der Waals surface area contributed by atoms with Gasteiger partial charge in [-0.1, -0.05) is 47.2 Å². The molecular formula is C22H17N3O2. The number of hydrogen-bond acceptors (Lipinski definition) is 4. The quantitative estimate of drug-likeness (QED) is 0.437. The molecule has 132 valence electrons. The molecule has 27 heavy (non-hydrogen) atoms. The number of aromatic nitrogens is 3. The summed E-state index contributed by atoms with van der Waals surface area (Å²) < 4.78 is 1.78. The number of phenols is 1. The molecule has 0 aliphatic heterocycles. The molecule has 1 N–H and O–H groups in total. The maximum atomic E-state index is 12.3. The number of rotatable bonds is 4. The molecule has 0 bridgehead atoms. The molecular weight excluding hydrogens is 338 g/mol. The fraction of sp³-hybridized carbons (Fsp3) is 0.0455. The van der Waals surface area contributed by atoms with Gasteiger partial charge in [0.25, 0.3) is 0 Å². The average molecular weight is 355 g/mol. The monoisotopic (exact) mass is 355 g/mol. The normalized spacial score (nSPS) is 11.3. The third kappa shape index (κ3) is 3.35. The van der Waals surface area contributed by atoms with Crippen molar-refractivity contribution in [1.82, 2.24) is 15.0 Å². The minimum Gasteiger partial charge on any atom is -0.507 e. The van der Waals surface area contributed by atoms with Gasteiger partial charge in [0.05, 0.1) is 16.8 Å². The van der Waals surface area contributed by atoms with Gasteiger partial charge < -0.3 is 5.11 Å². The largest absolute Gasteiger partial charge is 0.507 e. The number of benzene rings is 3. The molecule has 1 aromatic heterocycles. The number of allylic oxidation sites excluding steroid dienone is 1. The number of para-hydroxylation sites is 1. The molecule has 4 aromatic rings. The van der Waals surface area contributed by atoms with Gasteiger partial charge in [0.1, 0.15) is 11.3 Å².